The minimum absolute atomic E-state index is 0.361. The molecular weight excluding hydrogens is 152 g/mol. The van der Waals surface area contributed by atoms with Crippen LogP contribution in [0.15, 0.2) is 24.8 Å². The molecule has 2 nitrogen and oxygen atoms in total. The number of allylic oxidation sites excluding steroid dienone is 1. The normalized spacial score (nSPS) is 14.0. The van der Waals surface area contributed by atoms with E-state index in [4.69, 9.17) is 0 Å². The van der Waals surface area contributed by atoms with Crippen molar-refractivity contribution in [1.29, 1.82) is 0 Å². The molecular formula is C10H18O2. The molecule has 1 atom stereocenters. The van der Waals surface area contributed by atoms with Gasteiger partial charge in [-0.1, -0.05) is 24.8 Å². The highest BCUT2D eigenvalue weighted by atomic mass is 16.3. The highest BCUT2D eigenvalue weighted by Gasteiger charge is 2.18. The van der Waals surface area contributed by atoms with Crippen molar-refractivity contribution in [3.63, 3.8) is 0 Å². The molecule has 12 heavy (non-hydrogen) atoms. The molecule has 0 aromatic rings. The van der Waals surface area contributed by atoms with Gasteiger partial charge in [0.1, 0.15) is 0 Å². The zero-order chi connectivity index (χ0) is 9.78. The molecule has 2 heteroatoms. The van der Waals surface area contributed by atoms with Gasteiger partial charge >= 0.3 is 0 Å². The van der Waals surface area contributed by atoms with E-state index < -0.39 is 11.7 Å². The fourth-order valence-electron chi connectivity index (χ4n) is 1.03. The summed E-state index contributed by atoms with van der Waals surface area (Å²) in [7, 11) is 0. The maximum atomic E-state index is 9.42. The van der Waals surface area contributed by atoms with Gasteiger partial charge < -0.3 is 10.2 Å². The molecule has 0 spiro atoms. The highest BCUT2D eigenvalue weighted by molar-refractivity contribution is 5.11. The fourth-order valence-corrected chi connectivity index (χ4v) is 1.03. The third-order valence-electron chi connectivity index (χ3n) is 1.52. The Morgan fingerprint density at radius 1 is 1.58 bits per heavy atom. The average Bonchev–Trinajstić information content (AvgIpc) is 1.82. The lowest BCUT2D eigenvalue weighted by molar-refractivity contribution is 0.0192. The summed E-state index contributed by atoms with van der Waals surface area (Å²) in [5.41, 5.74) is -0.0207. The number of hydrogen-bond acceptors (Lipinski definition) is 2. The maximum absolute atomic E-state index is 9.42. The van der Waals surface area contributed by atoms with E-state index in [9.17, 15) is 10.2 Å². The van der Waals surface area contributed by atoms with E-state index in [1.165, 1.54) is 0 Å². The second kappa shape index (κ2) is 4.43. The second-order valence-corrected chi connectivity index (χ2v) is 3.74. The van der Waals surface area contributed by atoms with Crippen molar-refractivity contribution >= 4 is 0 Å². The highest BCUT2D eigenvalue weighted by Crippen LogP contribution is 2.15. The summed E-state index contributed by atoms with van der Waals surface area (Å²) in [6.45, 7) is 10.6. The van der Waals surface area contributed by atoms with Crippen molar-refractivity contribution < 1.29 is 10.2 Å². The van der Waals surface area contributed by atoms with Crippen LogP contribution in [0.2, 0.25) is 0 Å². The minimum Gasteiger partial charge on any atom is -0.393 e. The van der Waals surface area contributed by atoms with E-state index in [-0.39, 0.29) is 0 Å². The Kier molecular flexibility index (Phi) is 4.21. The number of rotatable bonds is 5. The molecule has 0 bridgehead atoms. The van der Waals surface area contributed by atoms with Crippen LogP contribution >= 0.6 is 0 Å². The lowest BCUT2D eigenvalue weighted by Gasteiger charge is -2.21. The quantitative estimate of drug-likeness (QED) is 0.616. The molecule has 0 aliphatic rings. The largest absolute Gasteiger partial charge is 0.393 e. The standard InChI is InChI=1S/C10H18O2/c1-5-8(2)6-9(11)7-10(3,4)12/h5,9,11-12H,1-2,6-7H2,3-4H3. The van der Waals surface area contributed by atoms with Gasteiger partial charge in [0, 0.05) is 6.42 Å². The molecule has 0 amide bonds. The van der Waals surface area contributed by atoms with Gasteiger partial charge in [0.05, 0.1) is 11.7 Å². The minimum atomic E-state index is -0.819. The van der Waals surface area contributed by atoms with Gasteiger partial charge in [0.25, 0.3) is 0 Å². The van der Waals surface area contributed by atoms with Gasteiger partial charge in [-0.3, -0.25) is 0 Å². The molecule has 0 aliphatic carbocycles. The molecule has 0 saturated carbocycles. The van der Waals surface area contributed by atoms with Crippen molar-refractivity contribution in [3.8, 4) is 0 Å². The second-order valence-electron chi connectivity index (χ2n) is 3.74. The van der Waals surface area contributed by atoms with Gasteiger partial charge in [-0.05, 0) is 20.3 Å². The molecule has 1 unspecified atom stereocenters. The summed E-state index contributed by atoms with van der Waals surface area (Å²) in [4.78, 5) is 0. The predicted octanol–water partition coefficient (Wildman–Crippen LogP) is 1.64. The predicted molar refractivity (Wildman–Crippen MR) is 50.9 cm³/mol. The van der Waals surface area contributed by atoms with Gasteiger partial charge in [-0.15, -0.1) is 0 Å². The third kappa shape index (κ3) is 6.13. The van der Waals surface area contributed by atoms with Crippen LogP contribution in [0, 0.1) is 0 Å². The number of aliphatic hydroxyl groups is 2. The Balaban J connectivity index is 3.82. The van der Waals surface area contributed by atoms with Gasteiger partial charge in [-0.25, -0.2) is 0 Å². The van der Waals surface area contributed by atoms with Crippen LogP contribution in [-0.2, 0) is 0 Å². The van der Waals surface area contributed by atoms with Crippen molar-refractivity contribution in [2.24, 2.45) is 0 Å². The van der Waals surface area contributed by atoms with Crippen LogP contribution in [0.3, 0.4) is 0 Å². The Bertz CT molecular complexity index is 165. The molecule has 0 rings (SSSR count). The Hall–Kier alpha value is -0.600. The van der Waals surface area contributed by atoms with E-state index in [1.807, 2.05) is 0 Å². The van der Waals surface area contributed by atoms with Crippen LogP contribution in [0.4, 0.5) is 0 Å². The SMILES string of the molecule is C=CC(=C)CC(O)CC(C)(C)O. The van der Waals surface area contributed by atoms with Crippen LogP contribution < -0.4 is 0 Å². The summed E-state index contributed by atoms with van der Waals surface area (Å²) < 4.78 is 0. The molecule has 0 radical (unpaired) electrons. The van der Waals surface area contributed by atoms with Gasteiger partial charge in [0.15, 0.2) is 0 Å². The summed E-state index contributed by atoms with van der Waals surface area (Å²) in [6, 6.07) is 0. The maximum Gasteiger partial charge on any atom is 0.0616 e. The monoisotopic (exact) mass is 170 g/mol. The van der Waals surface area contributed by atoms with Crippen molar-refractivity contribution in [2.75, 3.05) is 0 Å². The van der Waals surface area contributed by atoms with E-state index in [0.29, 0.717) is 12.8 Å². The molecule has 0 aliphatic heterocycles. The van der Waals surface area contributed by atoms with E-state index >= 15 is 0 Å². The van der Waals surface area contributed by atoms with Crippen molar-refractivity contribution in [1.82, 2.24) is 0 Å². The summed E-state index contributed by atoms with van der Waals surface area (Å²) in [5.74, 6) is 0. The molecule has 70 valence electrons. The summed E-state index contributed by atoms with van der Waals surface area (Å²) in [5, 5.41) is 18.8. The molecule has 0 fully saturated rings. The fraction of sp³-hybridized carbons (Fsp3) is 0.600. The smallest absolute Gasteiger partial charge is 0.0616 e. The zero-order valence-corrected chi connectivity index (χ0v) is 7.88. The van der Waals surface area contributed by atoms with E-state index in [2.05, 4.69) is 13.2 Å². The topological polar surface area (TPSA) is 40.5 Å². The van der Waals surface area contributed by atoms with Gasteiger partial charge in [-0.2, -0.15) is 0 Å². The van der Waals surface area contributed by atoms with Crippen LogP contribution in [-0.4, -0.2) is 21.9 Å². The summed E-state index contributed by atoms with van der Waals surface area (Å²) in [6.07, 6.45) is 1.93. The first-order chi connectivity index (χ1) is 5.35. The lowest BCUT2D eigenvalue weighted by Crippen LogP contribution is -2.26. The first kappa shape index (κ1) is 11.4. The Morgan fingerprint density at radius 2 is 2.08 bits per heavy atom. The van der Waals surface area contributed by atoms with Crippen molar-refractivity contribution in [2.45, 2.75) is 38.4 Å². The molecule has 0 aromatic carbocycles. The van der Waals surface area contributed by atoms with Crippen LogP contribution in [0.5, 0.6) is 0 Å². The van der Waals surface area contributed by atoms with Crippen LogP contribution in [0.1, 0.15) is 26.7 Å². The molecule has 0 saturated heterocycles. The van der Waals surface area contributed by atoms with Crippen molar-refractivity contribution in [3.05, 3.63) is 24.8 Å². The lowest BCUT2D eigenvalue weighted by atomic mass is 9.97. The Morgan fingerprint density at radius 3 is 2.42 bits per heavy atom. The first-order valence-electron chi connectivity index (χ1n) is 4.06. The summed E-state index contributed by atoms with van der Waals surface area (Å²) >= 11 is 0. The average molecular weight is 170 g/mol. The van der Waals surface area contributed by atoms with E-state index in [0.717, 1.165) is 5.57 Å². The molecule has 2 N–H and O–H groups in total. The first-order valence-corrected chi connectivity index (χ1v) is 4.06. The number of aliphatic hydroxyl groups excluding tert-OH is 1. The van der Waals surface area contributed by atoms with E-state index in [1.54, 1.807) is 19.9 Å². The molecule has 0 heterocycles. The third-order valence-corrected chi connectivity index (χ3v) is 1.52. The van der Waals surface area contributed by atoms with Gasteiger partial charge in [0.2, 0.25) is 0 Å². The van der Waals surface area contributed by atoms with Crippen LogP contribution in [0.25, 0.3) is 0 Å². The zero-order valence-electron chi connectivity index (χ0n) is 7.88. The Labute approximate surface area is 74.2 Å². The number of hydrogen-bond donors (Lipinski definition) is 2. The molecule has 0 aromatic heterocycles.